The number of hydrogen-bond donors (Lipinski definition) is 1. The third kappa shape index (κ3) is 1.88. The van der Waals surface area contributed by atoms with Crippen molar-refractivity contribution in [2.45, 2.75) is 13.0 Å². The lowest BCUT2D eigenvalue weighted by molar-refractivity contribution is 0.118. The van der Waals surface area contributed by atoms with E-state index >= 15 is 0 Å². The number of anilines is 1. The lowest BCUT2D eigenvalue weighted by Gasteiger charge is -2.27. The van der Waals surface area contributed by atoms with E-state index in [4.69, 9.17) is 10.5 Å². The lowest BCUT2D eigenvalue weighted by atomic mass is 9.99. The molecule has 1 aromatic carbocycles. The number of carbonyl (C=O) groups is 1. The van der Waals surface area contributed by atoms with E-state index in [0.717, 1.165) is 17.7 Å². The molecular weight excluding hydrogens is 192 g/mol. The Bertz CT molecular complexity index is 390. The molecule has 2 rings (SSSR count). The Kier molecular flexibility index (Phi) is 2.49. The average molecular weight is 206 g/mol. The van der Waals surface area contributed by atoms with Crippen LogP contribution in [0.2, 0.25) is 0 Å². The third-order valence-corrected chi connectivity index (χ3v) is 2.68. The fraction of sp³-hybridized carbons (Fsp3) is 0.364. The number of nitrogen functional groups attached to an aromatic ring is 1. The highest BCUT2D eigenvalue weighted by Crippen LogP contribution is 2.21. The van der Waals surface area contributed by atoms with Gasteiger partial charge in [0.25, 0.3) is 0 Å². The number of hydrogen-bond acceptors (Lipinski definition) is 3. The monoisotopic (exact) mass is 206 g/mol. The molecule has 0 spiro atoms. The van der Waals surface area contributed by atoms with Gasteiger partial charge in [-0.25, -0.2) is 4.79 Å². The molecule has 0 fully saturated rings. The van der Waals surface area contributed by atoms with Gasteiger partial charge in [0.05, 0.1) is 7.11 Å². The summed E-state index contributed by atoms with van der Waals surface area (Å²) in [6.07, 6.45) is 0.591. The minimum atomic E-state index is -0.275. The molecule has 1 amide bonds. The highest BCUT2D eigenvalue weighted by molar-refractivity contribution is 5.68. The minimum absolute atomic E-state index is 0.275. The first kappa shape index (κ1) is 9.83. The van der Waals surface area contributed by atoms with Crippen LogP contribution in [-0.2, 0) is 17.7 Å². The van der Waals surface area contributed by atoms with E-state index in [0.29, 0.717) is 13.1 Å². The van der Waals surface area contributed by atoms with Gasteiger partial charge in [-0.15, -0.1) is 0 Å². The van der Waals surface area contributed by atoms with Crippen LogP contribution in [0.4, 0.5) is 10.5 Å². The van der Waals surface area contributed by atoms with E-state index in [1.54, 1.807) is 4.90 Å². The number of carbonyl (C=O) groups excluding carboxylic acids is 1. The average Bonchev–Trinajstić information content (AvgIpc) is 2.27. The van der Waals surface area contributed by atoms with Crippen molar-refractivity contribution in [2.75, 3.05) is 19.4 Å². The second-order valence-corrected chi connectivity index (χ2v) is 3.67. The van der Waals surface area contributed by atoms with Gasteiger partial charge < -0.3 is 15.4 Å². The molecule has 0 aromatic heterocycles. The summed E-state index contributed by atoms with van der Waals surface area (Å²) in [5.41, 5.74) is 8.82. The molecule has 0 aliphatic carbocycles. The van der Waals surface area contributed by atoms with Gasteiger partial charge in [0.2, 0.25) is 0 Å². The Hall–Kier alpha value is -1.71. The highest BCUT2D eigenvalue weighted by Gasteiger charge is 2.20. The van der Waals surface area contributed by atoms with Crippen LogP contribution in [0.3, 0.4) is 0 Å². The minimum Gasteiger partial charge on any atom is -0.453 e. The van der Waals surface area contributed by atoms with Gasteiger partial charge >= 0.3 is 6.09 Å². The van der Waals surface area contributed by atoms with E-state index < -0.39 is 0 Å². The molecule has 0 unspecified atom stereocenters. The summed E-state index contributed by atoms with van der Waals surface area (Å²) < 4.78 is 4.69. The Morgan fingerprint density at radius 3 is 3.00 bits per heavy atom. The van der Waals surface area contributed by atoms with Crippen molar-refractivity contribution >= 4 is 11.8 Å². The second-order valence-electron chi connectivity index (χ2n) is 3.67. The maximum Gasteiger partial charge on any atom is 0.409 e. The molecule has 0 saturated carbocycles. The standard InChI is InChI=1S/C11H14N2O2/c1-15-11(14)13-5-4-8-2-3-10(12)6-9(8)7-13/h2-3,6H,4-5,7,12H2,1H3. The predicted molar refractivity (Wildman–Crippen MR) is 57.4 cm³/mol. The smallest absolute Gasteiger partial charge is 0.409 e. The number of rotatable bonds is 0. The Morgan fingerprint density at radius 1 is 1.47 bits per heavy atom. The van der Waals surface area contributed by atoms with Gasteiger partial charge in [0.15, 0.2) is 0 Å². The van der Waals surface area contributed by atoms with E-state index in [9.17, 15) is 4.79 Å². The number of ether oxygens (including phenoxy) is 1. The van der Waals surface area contributed by atoms with Crippen LogP contribution in [0.1, 0.15) is 11.1 Å². The maximum atomic E-state index is 11.3. The number of nitrogens with two attached hydrogens (primary N) is 1. The Labute approximate surface area is 88.6 Å². The molecular formula is C11H14N2O2. The summed E-state index contributed by atoms with van der Waals surface area (Å²) in [4.78, 5) is 13.0. The predicted octanol–water partition coefficient (Wildman–Crippen LogP) is 1.39. The summed E-state index contributed by atoms with van der Waals surface area (Å²) in [6.45, 7) is 1.30. The largest absolute Gasteiger partial charge is 0.453 e. The zero-order chi connectivity index (χ0) is 10.8. The topological polar surface area (TPSA) is 55.6 Å². The fourth-order valence-electron chi connectivity index (χ4n) is 1.86. The number of benzene rings is 1. The Balaban J connectivity index is 2.22. The molecule has 1 aromatic rings. The summed E-state index contributed by atoms with van der Waals surface area (Å²) >= 11 is 0. The van der Waals surface area contributed by atoms with Gasteiger partial charge in [-0.3, -0.25) is 0 Å². The summed E-state index contributed by atoms with van der Waals surface area (Å²) in [6, 6.07) is 5.84. The van der Waals surface area contributed by atoms with Crippen LogP contribution in [-0.4, -0.2) is 24.6 Å². The van der Waals surface area contributed by atoms with E-state index in [-0.39, 0.29) is 6.09 Å². The van der Waals surface area contributed by atoms with Crippen molar-refractivity contribution in [3.05, 3.63) is 29.3 Å². The van der Waals surface area contributed by atoms with Crippen molar-refractivity contribution in [1.82, 2.24) is 4.90 Å². The molecule has 0 bridgehead atoms. The van der Waals surface area contributed by atoms with Crippen LogP contribution in [0.25, 0.3) is 0 Å². The van der Waals surface area contributed by atoms with Crippen molar-refractivity contribution in [3.8, 4) is 0 Å². The molecule has 2 N–H and O–H groups in total. The van der Waals surface area contributed by atoms with Crippen molar-refractivity contribution in [2.24, 2.45) is 0 Å². The zero-order valence-corrected chi connectivity index (χ0v) is 8.69. The number of fused-ring (bicyclic) bond motifs is 1. The van der Waals surface area contributed by atoms with Crippen LogP contribution >= 0.6 is 0 Å². The number of methoxy groups -OCH3 is 1. The first-order chi connectivity index (χ1) is 7.20. The molecule has 4 nitrogen and oxygen atoms in total. The van der Waals surface area contributed by atoms with Crippen molar-refractivity contribution in [3.63, 3.8) is 0 Å². The molecule has 0 saturated heterocycles. The molecule has 1 heterocycles. The maximum absolute atomic E-state index is 11.3. The summed E-state index contributed by atoms with van der Waals surface area (Å²) in [5.74, 6) is 0. The highest BCUT2D eigenvalue weighted by atomic mass is 16.5. The quantitative estimate of drug-likeness (QED) is 0.653. The van der Waals surface area contributed by atoms with Crippen LogP contribution in [0.5, 0.6) is 0 Å². The van der Waals surface area contributed by atoms with Gasteiger partial charge in [0, 0.05) is 18.8 Å². The van der Waals surface area contributed by atoms with E-state index in [1.165, 1.54) is 12.7 Å². The molecule has 0 atom stereocenters. The van der Waals surface area contributed by atoms with Crippen LogP contribution in [0, 0.1) is 0 Å². The molecule has 1 aliphatic rings. The zero-order valence-electron chi connectivity index (χ0n) is 8.69. The van der Waals surface area contributed by atoms with Gasteiger partial charge in [-0.1, -0.05) is 6.07 Å². The first-order valence-corrected chi connectivity index (χ1v) is 4.91. The fourth-order valence-corrected chi connectivity index (χ4v) is 1.86. The summed E-state index contributed by atoms with van der Waals surface area (Å²) in [7, 11) is 1.40. The van der Waals surface area contributed by atoms with E-state index in [1.807, 2.05) is 18.2 Å². The third-order valence-electron chi connectivity index (χ3n) is 2.68. The van der Waals surface area contributed by atoms with E-state index in [2.05, 4.69) is 0 Å². The molecule has 1 aliphatic heterocycles. The normalized spacial score (nSPS) is 14.6. The van der Waals surface area contributed by atoms with Gasteiger partial charge in [0.1, 0.15) is 0 Å². The molecule has 4 heteroatoms. The Morgan fingerprint density at radius 2 is 2.27 bits per heavy atom. The number of nitrogens with zero attached hydrogens (tertiary/aromatic N) is 1. The van der Waals surface area contributed by atoms with Crippen LogP contribution < -0.4 is 5.73 Å². The second kappa shape index (κ2) is 3.81. The van der Waals surface area contributed by atoms with Crippen LogP contribution in [0.15, 0.2) is 18.2 Å². The molecule has 0 radical (unpaired) electrons. The lowest BCUT2D eigenvalue weighted by Crippen LogP contribution is -2.35. The van der Waals surface area contributed by atoms with Gasteiger partial charge in [-0.2, -0.15) is 0 Å². The number of amides is 1. The van der Waals surface area contributed by atoms with Crippen molar-refractivity contribution < 1.29 is 9.53 Å². The SMILES string of the molecule is COC(=O)N1CCc2ccc(N)cc2C1. The summed E-state index contributed by atoms with van der Waals surface area (Å²) in [5, 5.41) is 0. The molecule has 80 valence electrons. The molecule has 15 heavy (non-hydrogen) atoms. The first-order valence-electron chi connectivity index (χ1n) is 4.91. The van der Waals surface area contributed by atoms with Crippen molar-refractivity contribution in [1.29, 1.82) is 0 Å². The van der Waals surface area contributed by atoms with Gasteiger partial charge in [-0.05, 0) is 29.7 Å².